The van der Waals surface area contributed by atoms with Gasteiger partial charge >= 0.3 is 0 Å². The second-order valence-electron chi connectivity index (χ2n) is 6.63. The van der Waals surface area contributed by atoms with Crippen molar-refractivity contribution in [2.45, 2.75) is 16.7 Å². The number of aromatic nitrogens is 2. The van der Waals surface area contributed by atoms with Crippen LogP contribution in [0.1, 0.15) is 5.69 Å². The van der Waals surface area contributed by atoms with E-state index in [1.807, 2.05) is 30.3 Å². The Morgan fingerprint density at radius 2 is 1.43 bits per heavy atom. The summed E-state index contributed by atoms with van der Waals surface area (Å²) in [5.74, 6) is 0. The highest BCUT2D eigenvalue weighted by Crippen LogP contribution is 2.36. The van der Waals surface area contributed by atoms with Crippen LogP contribution in [0.3, 0.4) is 0 Å². The maximum absolute atomic E-state index is 13.5. The second kappa shape index (κ2) is 7.57. The molecule has 0 saturated heterocycles. The third kappa shape index (κ3) is 3.37. The van der Waals surface area contributed by atoms with Gasteiger partial charge in [-0.15, -0.1) is 0 Å². The predicted molar refractivity (Wildman–Crippen MR) is 112 cm³/mol. The number of rotatable bonds is 5. The summed E-state index contributed by atoms with van der Waals surface area (Å²) >= 11 is 0. The van der Waals surface area contributed by atoms with Gasteiger partial charge in [-0.05, 0) is 43.3 Å². The molecule has 1 aromatic heterocycles. The van der Waals surface area contributed by atoms with Crippen molar-refractivity contribution in [3.63, 3.8) is 0 Å². The zero-order valence-corrected chi connectivity index (χ0v) is 16.8. The lowest BCUT2D eigenvalue weighted by Gasteiger charge is -2.11. The van der Waals surface area contributed by atoms with Crippen LogP contribution < -0.4 is 0 Å². The molecule has 0 saturated carbocycles. The summed E-state index contributed by atoms with van der Waals surface area (Å²) in [4.78, 5) is 10.8. The van der Waals surface area contributed by atoms with Crippen molar-refractivity contribution in [1.82, 2.24) is 9.78 Å². The van der Waals surface area contributed by atoms with Gasteiger partial charge in [0.2, 0.25) is 9.84 Å². The van der Waals surface area contributed by atoms with Crippen LogP contribution in [0.15, 0.2) is 94.7 Å². The second-order valence-corrected chi connectivity index (χ2v) is 8.52. The molecule has 0 radical (unpaired) electrons. The minimum atomic E-state index is -3.88. The number of para-hydroxylation sites is 1. The Morgan fingerprint density at radius 3 is 2.00 bits per heavy atom. The van der Waals surface area contributed by atoms with Crippen molar-refractivity contribution in [2.24, 2.45) is 0 Å². The van der Waals surface area contributed by atoms with Crippen molar-refractivity contribution in [1.29, 1.82) is 0 Å². The van der Waals surface area contributed by atoms with Crippen LogP contribution >= 0.6 is 0 Å². The largest absolute Gasteiger partial charge is 0.269 e. The molecule has 0 atom stereocenters. The Labute approximate surface area is 173 Å². The van der Waals surface area contributed by atoms with Gasteiger partial charge in [0.25, 0.3) is 5.69 Å². The number of nitro benzene ring substituents is 1. The maximum Gasteiger partial charge on any atom is 0.269 e. The lowest BCUT2D eigenvalue weighted by molar-refractivity contribution is -0.384. The Bertz CT molecular complexity index is 1310. The lowest BCUT2D eigenvalue weighted by Crippen LogP contribution is -2.06. The van der Waals surface area contributed by atoms with Gasteiger partial charge in [0, 0.05) is 17.7 Å². The fourth-order valence-electron chi connectivity index (χ4n) is 3.30. The molecule has 150 valence electrons. The highest BCUT2D eigenvalue weighted by Gasteiger charge is 2.30. The molecule has 0 aliphatic carbocycles. The van der Waals surface area contributed by atoms with E-state index >= 15 is 0 Å². The molecule has 0 aliphatic heterocycles. The first-order valence-electron chi connectivity index (χ1n) is 9.09. The van der Waals surface area contributed by atoms with E-state index in [2.05, 4.69) is 5.10 Å². The molecule has 0 N–H and O–H groups in total. The minimum absolute atomic E-state index is 0.0753. The summed E-state index contributed by atoms with van der Waals surface area (Å²) in [6, 6.07) is 23.1. The van der Waals surface area contributed by atoms with Gasteiger partial charge < -0.3 is 0 Å². The highest BCUT2D eigenvalue weighted by atomic mass is 32.2. The van der Waals surface area contributed by atoms with Gasteiger partial charge in [0.05, 0.1) is 26.9 Å². The number of hydrogen-bond donors (Lipinski definition) is 0. The van der Waals surface area contributed by atoms with Gasteiger partial charge in [-0.25, -0.2) is 13.1 Å². The first-order valence-corrected chi connectivity index (χ1v) is 10.6. The van der Waals surface area contributed by atoms with Crippen LogP contribution in [0.25, 0.3) is 16.9 Å². The predicted octanol–water partition coefficient (Wildman–Crippen LogP) is 4.59. The monoisotopic (exact) mass is 419 g/mol. The number of aryl methyl sites for hydroxylation is 1. The van der Waals surface area contributed by atoms with Crippen molar-refractivity contribution in [3.05, 3.63) is 101 Å². The van der Waals surface area contributed by atoms with E-state index in [4.69, 9.17) is 0 Å². The van der Waals surface area contributed by atoms with E-state index < -0.39 is 14.8 Å². The van der Waals surface area contributed by atoms with E-state index in [0.717, 1.165) is 0 Å². The Hall–Kier alpha value is -3.78. The Morgan fingerprint density at radius 1 is 0.867 bits per heavy atom. The van der Waals surface area contributed by atoms with Crippen molar-refractivity contribution in [2.75, 3.05) is 0 Å². The quantitative estimate of drug-likeness (QED) is 0.348. The van der Waals surface area contributed by atoms with Crippen molar-refractivity contribution in [3.8, 4) is 16.9 Å². The van der Waals surface area contributed by atoms with Gasteiger partial charge in [-0.3, -0.25) is 10.1 Å². The first-order chi connectivity index (χ1) is 14.4. The number of sulfone groups is 1. The molecule has 1 heterocycles. The standard InChI is InChI=1S/C22H17N3O4S/c1-16-22(30(28,29)20-10-6-3-7-11-20)21(17-12-14-19(15-13-17)25(26)27)24(23-16)18-8-4-2-5-9-18/h2-15H,1H3. The topological polar surface area (TPSA) is 95.1 Å². The van der Waals surface area contributed by atoms with Crippen LogP contribution in [0, 0.1) is 17.0 Å². The molecule has 4 aromatic rings. The van der Waals surface area contributed by atoms with Crippen LogP contribution in [0.2, 0.25) is 0 Å². The van der Waals surface area contributed by atoms with E-state index in [1.54, 1.807) is 29.8 Å². The SMILES string of the molecule is Cc1nn(-c2ccccc2)c(-c2ccc([N+](=O)[O-])cc2)c1S(=O)(=O)c1ccccc1. The number of benzene rings is 3. The van der Waals surface area contributed by atoms with Crippen molar-refractivity contribution < 1.29 is 13.3 Å². The molecule has 7 nitrogen and oxygen atoms in total. The summed E-state index contributed by atoms with van der Waals surface area (Å²) in [5, 5.41) is 15.6. The van der Waals surface area contributed by atoms with Crippen LogP contribution in [-0.2, 0) is 9.84 Å². The first kappa shape index (κ1) is 19.5. The summed E-state index contributed by atoms with van der Waals surface area (Å²) in [5.41, 5.74) is 1.82. The number of nitrogens with zero attached hydrogens (tertiary/aromatic N) is 3. The minimum Gasteiger partial charge on any atom is -0.258 e. The molecular formula is C22H17N3O4S. The average molecular weight is 419 g/mol. The fraction of sp³-hybridized carbons (Fsp3) is 0.0455. The third-order valence-electron chi connectivity index (χ3n) is 4.68. The molecule has 0 aliphatic rings. The molecule has 30 heavy (non-hydrogen) atoms. The maximum atomic E-state index is 13.5. The fourth-order valence-corrected chi connectivity index (χ4v) is 4.94. The number of non-ortho nitro benzene ring substituents is 1. The van der Waals surface area contributed by atoms with Crippen LogP contribution in [-0.4, -0.2) is 23.1 Å². The van der Waals surface area contributed by atoms with E-state index in [9.17, 15) is 18.5 Å². The summed E-state index contributed by atoms with van der Waals surface area (Å²) in [7, 11) is -3.88. The molecular weight excluding hydrogens is 402 g/mol. The van der Waals surface area contributed by atoms with Crippen LogP contribution in [0.5, 0.6) is 0 Å². The summed E-state index contributed by atoms with van der Waals surface area (Å²) in [6.45, 7) is 1.64. The zero-order valence-electron chi connectivity index (χ0n) is 16.0. The van der Waals surface area contributed by atoms with Crippen LogP contribution in [0.4, 0.5) is 5.69 Å². The van der Waals surface area contributed by atoms with Crippen molar-refractivity contribution >= 4 is 15.5 Å². The normalized spacial score (nSPS) is 11.4. The zero-order chi connectivity index (χ0) is 21.3. The molecule has 0 spiro atoms. The lowest BCUT2D eigenvalue weighted by atomic mass is 10.1. The molecule has 8 heteroatoms. The Balaban J connectivity index is 2.02. The molecule has 0 fully saturated rings. The Kier molecular flexibility index (Phi) is 4.93. The molecule has 0 amide bonds. The average Bonchev–Trinajstić information content (AvgIpc) is 3.13. The molecule has 0 unspecified atom stereocenters. The van der Waals surface area contributed by atoms with Gasteiger partial charge in [0.1, 0.15) is 4.90 Å². The molecule has 3 aromatic carbocycles. The van der Waals surface area contributed by atoms with Gasteiger partial charge in [-0.2, -0.15) is 5.10 Å². The molecule has 4 rings (SSSR count). The molecule has 0 bridgehead atoms. The smallest absolute Gasteiger partial charge is 0.258 e. The van der Waals surface area contributed by atoms with E-state index in [0.29, 0.717) is 22.6 Å². The van der Waals surface area contributed by atoms with E-state index in [1.165, 1.54) is 36.4 Å². The summed E-state index contributed by atoms with van der Waals surface area (Å²) in [6.07, 6.45) is 0. The number of nitro groups is 1. The van der Waals surface area contributed by atoms with E-state index in [-0.39, 0.29) is 15.5 Å². The van der Waals surface area contributed by atoms with Gasteiger partial charge in [-0.1, -0.05) is 36.4 Å². The third-order valence-corrected chi connectivity index (χ3v) is 6.60. The number of hydrogen-bond acceptors (Lipinski definition) is 5. The highest BCUT2D eigenvalue weighted by molar-refractivity contribution is 7.91. The summed E-state index contributed by atoms with van der Waals surface area (Å²) < 4.78 is 28.6. The van der Waals surface area contributed by atoms with Gasteiger partial charge in [0.15, 0.2) is 0 Å².